The monoisotopic (exact) mass is 469 g/mol. The summed E-state index contributed by atoms with van der Waals surface area (Å²) in [5, 5.41) is 12.0. The van der Waals surface area contributed by atoms with E-state index in [1.165, 1.54) is 11.0 Å². The quantitative estimate of drug-likeness (QED) is 0.432. The van der Waals surface area contributed by atoms with Gasteiger partial charge in [0.25, 0.3) is 5.91 Å². The molecular weight excluding hydrogens is 450 g/mol. The number of rotatable bonds is 6. The van der Waals surface area contributed by atoms with Crippen LogP contribution < -0.4 is 10.5 Å². The van der Waals surface area contributed by atoms with Crippen molar-refractivity contribution in [2.75, 3.05) is 11.4 Å². The van der Waals surface area contributed by atoms with E-state index in [-0.39, 0.29) is 5.56 Å². The third-order valence-electron chi connectivity index (χ3n) is 5.39. The molecule has 154 valence electrons. The van der Waals surface area contributed by atoms with Gasteiger partial charge in [-0.15, -0.1) is 0 Å². The number of amides is 1. The smallest absolute Gasteiger partial charge is 0.347 e. The van der Waals surface area contributed by atoms with Crippen LogP contribution in [0.3, 0.4) is 0 Å². The summed E-state index contributed by atoms with van der Waals surface area (Å²) in [6.07, 6.45) is 1.10. The predicted octanol–water partition coefficient (Wildman–Crippen LogP) is 4.16. The molecule has 0 spiro atoms. The van der Waals surface area contributed by atoms with Crippen molar-refractivity contribution in [1.29, 1.82) is 0 Å². The number of benzene rings is 2. The van der Waals surface area contributed by atoms with Crippen molar-refractivity contribution < 1.29 is 19.1 Å². The van der Waals surface area contributed by atoms with Gasteiger partial charge in [-0.1, -0.05) is 47.5 Å². The molecule has 1 amide bonds. The lowest BCUT2D eigenvalue weighted by molar-refractivity contribution is -0.135. The van der Waals surface area contributed by atoms with Crippen molar-refractivity contribution in [2.45, 2.75) is 31.8 Å². The zero-order valence-electron chi connectivity index (χ0n) is 16.4. The molecule has 4 rings (SSSR count). The van der Waals surface area contributed by atoms with Crippen molar-refractivity contribution in [3.05, 3.63) is 74.6 Å². The third kappa shape index (κ3) is 3.38. The fraction of sp³-hybridized carbons (Fsp3) is 0.261. The number of carbonyl (C=O) groups excluding carboxylic acids is 2. The van der Waals surface area contributed by atoms with Gasteiger partial charge in [0.05, 0.1) is 12.1 Å². The maximum atomic E-state index is 13.2. The van der Waals surface area contributed by atoms with E-state index in [9.17, 15) is 19.5 Å². The third-order valence-corrected chi connectivity index (χ3v) is 5.88. The number of unbranched alkanes of at least 4 members (excludes halogenated alkanes) is 1. The van der Waals surface area contributed by atoms with Crippen LogP contribution in [0.2, 0.25) is 0 Å². The number of hydrogen-bond acceptors (Lipinski definition) is 5. The number of Topliss-reactive ketones (excluding diaryl/α,β-unsaturated/α-hetero) is 1. The van der Waals surface area contributed by atoms with Gasteiger partial charge in [0.15, 0.2) is 11.4 Å². The van der Waals surface area contributed by atoms with Gasteiger partial charge < -0.3 is 14.4 Å². The lowest BCUT2D eigenvalue weighted by atomic mass is 9.88. The summed E-state index contributed by atoms with van der Waals surface area (Å²) in [4.78, 5) is 40.1. The van der Waals surface area contributed by atoms with Gasteiger partial charge in [0.1, 0.15) is 11.1 Å². The molecule has 3 aromatic rings. The Morgan fingerprint density at radius 3 is 2.70 bits per heavy atom. The van der Waals surface area contributed by atoms with Gasteiger partial charge in [0.2, 0.25) is 0 Å². The highest BCUT2D eigenvalue weighted by molar-refractivity contribution is 9.10. The molecule has 1 N–H and O–H groups in total. The van der Waals surface area contributed by atoms with E-state index < -0.39 is 29.3 Å². The molecule has 0 saturated heterocycles. The van der Waals surface area contributed by atoms with E-state index in [4.69, 9.17) is 4.42 Å². The molecular formula is C23H20BrNO5. The summed E-state index contributed by atoms with van der Waals surface area (Å²) >= 11 is 3.37. The first-order chi connectivity index (χ1) is 14.3. The summed E-state index contributed by atoms with van der Waals surface area (Å²) in [5.74, 6) is -1.20. The Kier molecular flexibility index (Phi) is 5.34. The number of halogens is 1. The highest BCUT2D eigenvalue weighted by Gasteiger charge is 2.51. The second kappa shape index (κ2) is 7.81. The number of fused-ring (bicyclic) bond motifs is 2. The zero-order chi connectivity index (χ0) is 21.5. The summed E-state index contributed by atoms with van der Waals surface area (Å²) in [5.41, 5.74) is -1.70. The van der Waals surface area contributed by atoms with Gasteiger partial charge in [-0.2, -0.15) is 0 Å². The second-order valence-electron chi connectivity index (χ2n) is 7.42. The number of anilines is 1. The average Bonchev–Trinajstić information content (AvgIpc) is 2.92. The first-order valence-corrected chi connectivity index (χ1v) is 10.5. The molecule has 0 aliphatic carbocycles. The van der Waals surface area contributed by atoms with Crippen molar-refractivity contribution >= 4 is 44.3 Å². The van der Waals surface area contributed by atoms with E-state index in [1.54, 1.807) is 42.5 Å². The van der Waals surface area contributed by atoms with Crippen LogP contribution in [0.1, 0.15) is 42.1 Å². The minimum Gasteiger partial charge on any atom is -0.422 e. The Morgan fingerprint density at radius 2 is 1.93 bits per heavy atom. The fourth-order valence-corrected chi connectivity index (χ4v) is 4.18. The van der Waals surface area contributed by atoms with Crippen LogP contribution in [0.25, 0.3) is 11.0 Å². The molecule has 1 aliphatic heterocycles. The molecule has 7 heteroatoms. The zero-order valence-corrected chi connectivity index (χ0v) is 17.9. The van der Waals surface area contributed by atoms with Crippen LogP contribution in [0.4, 0.5) is 5.69 Å². The molecule has 1 unspecified atom stereocenters. The average molecular weight is 470 g/mol. The highest BCUT2D eigenvalue weighted by atomic mass is 79.9. The summed E-state index contributed by atoms with van der Waals surface area (Å²) in [6, 6.07) is 13.5. The van der Waals surface area contributed by atoms with E-state index in [1.807, 2.05) is 6.92 Å². The first kappa shape index (κ1) is 20.5. The number of nitrogens with zero attached hydrogens (tertiary/aromatic N) is 1. The van der Waals surface area contributed by atoms with Gasteiger partial charge in [-0.25, -0.2) is 4.79 Å². The minimum absolute atomic E-state index is 0.182. The van der Waals surface area contributed by atoms with Gasteiger partial charge >= 0.3 is 5.63 Å². The molecule has 1 atom stereocenters. The van der Waals surface area contributed by atoms with E-state index in [0.29, 0.717) is 33.2 Å². The number of para-hydroxylation sites is 1. The van der Waals surface area contributed by atoms with Crippen molar-refractivity contribution in [3.63, 3.8) is 0 Å². The number of hydrogen-bond donors (Lipinski definition) is 1. The Labute approximate surface area is 181 Å². The summed E-state index contributed by atoms with van der Waals surface area (Å²) in [6.45, 7) is 2.45. The molecule has 1 aliphatic rings. The van der Waals surface area contributed by atoms with Gasteiger partial charge in [-0.05, 0) is 36.8 Å². The van der Waals surface area contributed by atoms with Gasteiger partial charge in [0, 0.05) is 22.0 Å². The fourth-order valence-electron chi connectivity index (χ4n) is 3.82. The Bertz CT molecular complexity index is 1220. The van der Waals surface area contributed by atoms with Gasteiger partial charge in [-0.3, -0.25) is 9.59 Å². The predicted molar refractivity (Wildman–Crippen MR) is 117 cm³/mol. The van der Waals surface area contributed by atoms with E-state index in [2.05, 4.69) is 15.9 Å². The molecule has 0 bridgehead atoms. The van der Waals surface area contributed by atoms with Crippen molar-refractivity contribution in [1.82, 2.24) is 0 Å². The number of ketones is 1. The topological polar surface area (TPSA) is 87.8 Å². The van der Waals surface area contributed by atoms with Crippen LogP contribution in [-0.2, 0) is 10.4 Å². The second-order valence-corrected chi connectivity index (χ2v) is 8.33. The maximum absolute atomic E-state index is 13.2. The lowest BCUT2D eigenvalue weighted by Crippen LogP contribution is -2.42. The molecule has 1 aromatic heterocycles. The van der Waals surface area contributed by atoms with Crippen molar-refractivity contribution in [2.24, 2.45) is 0 Å². The Balaban J connectivity index is 1.74. The summed E-state index contributed by atoms with van der Waals surface area (Å²) in [7, 11) is 0. The van der Waals surface area contributed by atoms with Crippen LogP contribution >= 0.6 is 15.9 Å². The maximum Gasteiger partial charge on any atom is 0.347 e. The Hall–Kier alpha value is -2.77. The lowest BCUT2D eigenvalue weighted by Gasteiger charge is -2.22. The Morgan fingerprint density at radius 1 is 1.17 bits per heavy atom. The first-order valence-electron chi connectivity index (χ1n) is 9.75. The van der Waals surface area contributed by atoms with Crippen LogP contribution in [-0.4, -0.2) is 23.3 Å². The van der Waals surface area contributed by atoms with Crippen LogP contribution in [0.15, 0.2) is 62.2 Å². The van der Waals surface area contributed by atoms with E-state index in [0.717, 1.165) is 12.8 Å². The molecule has 0 fully saturated rings. The molecule has 2 aromatic carbocycles. The molecule has 30 heavy (non-hydrogen) atoms. The molecule has 6 nitrogen and oxygen atoms in total. The van der Waals surface area contributed by atoms with Crippen molar-refractivity contribution in [3.8, 4) is 0 Å². The highest BCUT2D eigenvalue weighted by Crippen LogP contribution is 2.44. The number of aliphatic hydroxyl groups is 1. The SMILES string of the molecule is CCCCN1C(=O)C(O)(CC(=O)c2cc3ccccc3oc2=O)c2cc(Br)ccc21. The standard InChI is InChI=1S/C23H20BrNO5/c1-2-3-10-25-18-9-8-15(24)12-17(18)23(29,22(25)28)13-19(26)16-11-14-6-4-5-7-20(14)30-21(16)27/h4-9,11-12,29H,2-3,10,13H2,1H3. The normalized spacial score (nSPS) is 18.1. The minimum atomic E-state index is -2.04. The molecule has 0 saturated carbocycles. The van der Waals surface area contributed by atoms with E-state index >= 15 is 0 Å². The molecule has 2 heterocycles. The summed E-state index contributed by atoms with van der Waals surface area (Å²) < 4.78 is 5.92. The number of carbonyl (C=O) groups is 2. The molecule has 0 radical (unpaired) electrons. The van der Waals surface area contributed by atoms with Crippen LogP contribution in [0.5, 0.6) is 0 Å². The largest absolute Gasteiger partial charge is 0.422 e. The van der Waals surface area contributed by atoms with Crippen LogP contribution in [0, 0.1) is 0 Å².